The number of aromatic nitrogens is 1. The second kappa shape index (κ2) is 7.41. The summed E-state index contributed by atoms with van der Waals surface area (Å²) in [4.78, 5) is 16.5. The number of hydrogen-bond acceptors (Lipinski definition) is 4. The fourth-order valence-electron chi connectivity index (χ4n) is 1.64. The number of hydrogen-bond donors (Lipinski definition) is 1. The van der Waals surface area contributed by atoms with Gasteiger partial charge in [-0.1, -0.05) is 36.2 Å². The summed E-state index contributed by atoms with van der Waals surface area (Å²) < 4.78 is 5.34. The van der Waals surface area contributed by atoms with Gasteiger partial charge in [-0.3, -0.25) is 0 Å². The van der Waals surface area contributed by atoms with Crippen molar-refractivity contribution in [2.75, 3.05) is 0 Å². The molecule has 114 valence electrons. The van der Waals surface area contributed by atoms with Gasteiger partial charge in [-0.15, -0.1) is 11.3 Å². The second-order valence-electron chi connectivity index (χ2n) is 5.82. The van der Waals surface area contributed by atoms with Crippen molar-refractivity contribution >= 4 is 33.4 Å². The molecule has 1 heterocycles. The predicted molar refractivity (Wildman–Crippen MR) is 86.3 cm³/mol. The Morgan fingerprint density at radius 2 is 2.20 bits per heavy atom. The normalized spacial score (nSPS) is 14.7. The van der Waals surface area contributed by atoms with Crippen LogP contribution in [0.2, 0.25) is 0 Å². The number of nitrogens with zero attached hydrogens (tertiary/aromatic N) is 1. The third-order valence-corrected chi connectivity index (χ3v) is 4.41. The summed E-state index contributed by atoms with van der Waals surface area (Å²) in [6, 6.07) is -0.104. The Labute approximate surface area is 133 Å². The maximum absolute atomic E-state index is 12.0. The van der Waals surface area contributed by atoms with Crippen molar-refractivity contribution in [2.24, 2.45) is 5.92 Å². The summed E-state index contributed by atoms with van der Waals surface area (Å²) in [6.45, 7) is 9.79. The molecule has 0 saturated heterocycles. The maximum Gasteiger partial charge on any atom is 0.408 e. The number of ether oxygens (including phenoxy) is 1. The fourth-order valence-corrected chi connectivity index (χ4v) is 3.15. The topological polar surface area (TPSA) is 51.2 Å². The summed E-state index contributed by atoms with van der Waals surface area (Å²) in [5, 5.41) is 6.62. The van der Waals surface area contributed by atoms with E-state index in [0.29, 0.717) is 5.92 Å². The Morgan fingerprint density at radius 1 is 1.55 bits per heavy atom. The molecule has 0 aliphatic carbocycles. The van der Waals surface area contributed by atoms with Gasteiger partial charge in [0.05, 0.1) is 11.7 Å². The molecular weight excluding hydrogens is 340 g/mol. The lowest BCUT2D eigenvalue weighted by molar-refractivity contribution is 0.0486. The Balaban J connectivity index is 2.82. The number of nitrogens with one attached hydrogen (secondary N) is 1. The average molecular weight is 363 g/mol. The van der Waals surface area contributed by atoms with Gasteiger partial charge in [-0.25, -0.2) is 9.78 Å². The third kappa shape index (κ3) is 5.40. The van der Waals surface area contributed by atoms with Crippen molar-refractivity contribution in [1.82, 2.24) is 10.3 Å². The SMILES string of the molecule is CC[C@H](C)[C@@H](NC(=O)OC(C)(C)C)c1nc(CBr)cs1. The van der Waals surface area contributed by atoms with E-state index in [1.54, 1.807) is 11.3 Å². The minimum absolute atomic E-state index is 0.104. The molecule has 0 fully saturated rings. The second-order valence-corrected chi connectivity index (χ2v) is 7.27. The molecule has 1 aromatic rings. The van der Waals surface area contributed by atoms with Gasteiger partial charge in [0.25, 0.3) is 0 Å². The Hall–Kier alpha value is -0.620. The van der Waals surface area contributed by atoms with E-state index in [1.807, 2.05) is 26.2 Å². The van der Waals surface area contributed by atoms with Crippen LogP contribution in [0.1, 0.15) is 57.8 Å². The highest BCUT2D eigenvalue weighted by Crippen LogP contribution is 2.28. The highest BCUT2D eigenvalue weighted by Gasteiger charge is 2.26. The number of amides is 1. The molecule has 2 atom stereocenters. The fraction of sp³-hybridized carbons (Fsp3) is 0.714. The van der Waals surface area contributed by atoms with E-state index >= 15 is 0 Å². The minimum Gasteiger partial charge on any atom is -0.444 e. The zero-order valence-electron chi connectivity index (χ0n) is 12.7. The van der Waals surface area contributed by atoms with Gasteiger partial charge in [0, 0.05) is 10.7 Å². The van der Waals surface area contributed by atoms with Crippen LogP contribution in [-0.2, 0) is 10.1 Å². The van der Waals surface area contributed by atoms with E-state index < -0.39 is 11.7 Å². The first-order valence-electron chi connectivity index (χ1n) is 6.76. The van der Waals surface area contributed by atoms with Crippen LogP contribution in [-0.4, -0.2) is 16.7 Å². The first-order chi connectivity index (χ1) is 9.26. The summed E-state index contributed by atoms with van der Waals surface area (Å²) in [6.07, 6.45) is 0.572. The zero-order valence-corrected chi connectivity index (χ0v) is 15.1. The molecule has 0 aliphatic rings. The monoisotopic (exact) mass is 362 g/mol. The minimum atomic E-state index is -0.492. The van der Waals surface area contributed by atoms with E-state index in [2.05, 4.69) is 40.1 Å². The van der Waals surface area contributed by atoms with E-state index in [9.17, 15) is 4.79 Å². The van der Waals surface area contributed by atoms with E-state index in [0.717, 1.165) is 22.5 Å². The van der Waals surface area contributed by atoms with Gasteiger partial charge in [-0.2, -0.15) is 0 Å². The number of carbonyl (C=O) groups is 1. The number of halogens is 1. The quantitative estimate of drug-likeness (QED) is 0.775. The highest BCUT2D eigenvalue weighted by molar-refractivity contribution is 9.08. The summed E-state index contributed by atoms with van der Waals surface area (Å²) in [7, 11) is 0. The standard InChI is InChI=1S/C14H23BrN2O2S/c1-6-9(2)11(12-16-10(7-15)8-20-12)17-13(18)19-14(3,4)5/h8-9,11H,6-7H2,1-5H3,(H,17,18)/t9-,11+/m0/s1. The van der Waals surface area contributed by atoms with E-state index in [1.165, 1.54) is 0 Å². The molecule has 1 rings (SSSR count). The van der Waals surface area contributed by atoms with Crippen LogP contribution in [0.15, 0.2) is 5.38 Å². The van der Waals surface area contributed by atoms with Gasteiger partial charge in [-0.05, 0) is 26.7 Å². The maximum atomic E-state index is 12.0. The van der Waals surface area contributed by atoms with Crippen LogP contribution < -0.4 is 5.32 Å². The molecule has 1 aromatic heterocycles. The van der Waals surface area contributed by atoms with Crippen LogP contribution in [0.3, 0.4) is 0 Å². The van der Waals surface area contributed by atoms with Crippen LogP contribution in [0.4, 0.5) is 4.79 Å². The number of alkyl carbamates (subject to hydrolysis) is 1. The largest absolute Gasteiger partial charge is 0.444 e. The molecule has 4 nitrogen and oxygen atoms in total. The molecule has 0 aliphatic heterocycles. The summed E-state index contributed by atoms with van der Waals surface area (Å²) >= 11 is 4.97. The number of thiazole rings is 1. The molecule has 0 spiro atoms. The molecule has 0 saturated carbocycles. The lowest BCUT2D eigenvalue weighted by atomic mass is 10.00. The summed E-state index contributed by atoms with van der Waals surface area (Å²) in [5.74, 6) is 0.303. The van der Waals surface area contributed by atoms with Crippen molar-refractivity contribution in [3.8, 4) is 0 Å². The first-order valence-corrected chi connectivity index (χ1v) is 8.76. The first kappa shape index (κ1) is 17.4. The van der Waals surface area contributed by atoms with Crippen molar-refractivity contribution < 1.29 is 9.53 Å². The third-order valence-electron chi connectivity index (χ3n) is 2.86. The Kier molecular flexibility index (Phi) is 6.45. The molecule has 0 aromatic carbocycles. The number of alkyl halides is 1. The van der Waals surface area contributed by atoms with Crippen molar-refractivity contribution in [1.29, 1.82) is 0 Å². The van der Waals surface area contributed by atoms with Gasteiger partial charge >= 0.3 is 6.09 Å². The van der Waals surface area contributed by atoms with Gasteiger partial charge in [0.1, 0.15) is 10.6 Å². The average Bonchev–Trinajstić information content (AvgIpc) is 2.81. The van der Waals surface area contributed by atoms with E-state index in [4.69, 9.17) is 4.74 Å². The lowest BCUT2D eigenvalue weighted by Gasteiger charge is -2.25. The smallest absolute Gasteiger partial charge is 0.408 e. The van der Waals surface area contributed by atoms with Crippen molar-refractivity contribution in [3.05, 3.63) is 16.1 Å². The lowest BCUT2D eigenvalue weighted by Crippen LogP contribution is -2.37. The van der Waals surface area contributed by atoms with Crippen LogP contribution in [0.25, 0.3) is 0 Å². The van der Waals surface area contributed by atoms with Gasteiger partial charge in [0.2, 0.25) is 0 Å². The molecule has 0 radical (unpaired) electrons. The molecular formula is C14H23BrN2O2S. The van der Waals surface area contributed by atoms with Crippen molar-refractivity contribution in [2.45, 2.75) is 58.0 Å². The molecule has 0 unspecified atom stereocenters. The van der Waals surface area contributed by atoms with E-state index in [-0.39, 0.29) is 6.04 Å². The molecule has 6 heteroatoms. The number of carbonyl (C=O) groups excluding carboxylic acids is 1. The molecule has 0 bridgehead atoms. The number of rotatable bonds is 5. The molecule has 1 amide bonds. The molecule has 1 N–H and O–H groups in total. The Bertz CT molecular complexity index is 443. The Morgan fingerprint density at radius 3 is 2.65 bits per heavy atom. The zero-order chi connectivity index (χ0) is 15.3. The summed E-state index contributed by atoms with van der Waals surface area (Å²) in [5.41, 5.74) is 0.498. The predicted octanol–water partition coefficient (Wildman–Crippen LogP) is 4.65. The van der Waals surface area contributed by atoms with Gasteiger partial charge < -0.3 is 10.1 Å². The van der Waals surface area contributed by atoms with Crippen LogP contribution in [0, 0.1) is 5.92 Å². The van der Waals surface area contributed by atoms with Crippen LogP contribution in [0.5, 0.6) is 0 Å². The van der Waals surface area contributed by atoms with Crippen molar-refractivity contribution in [3.63, 3.8) is 0 Å². The highest BCUT2D eigenvalue weighted by atomic mass is 79.9. The molecule has 20 heavy (non-hydrogen) atoms. The van der Waals surface area contributed by atoms with Crippen LogP contribution >= 0.6 is 27.3 Å². The van der Waals surface area contributed by atoms with Gasteiger partial charge in [0.15, 0.2) is 0 Å².